The van der Waals surface area contributed by atoms with Crippen LogP contribution in [0, 0.1) is 11.8 Å². The van der Waals surface area contributed by atoms with Crippen LogP contribution in [0.5, 0.6) is 0 Å². The van der Waals surface area contributed by atoms with Crippen LogP contribution < -0.4 is 5.32 Å². The van der Waals surface area contributed by atoms with Crippen molar-refractivity contribution >= 4 is 12.0 Å². The van der Waals surface area contributed by atoms with Gasteiger partial charge in [-0.3, -0.25) is 0 Å². The van der Waals surface area contributed by atoms with Gasteiger partial charge in [-0.25, -0.2) is 9.59 Å². The fraction of sp³-hybridized carbons (Fsp3) is 0.875. The highest BCUT2D eigenvalue weighted by atomic mass is 16.4. The van der Waals surface area contributed by atoms with Gasteiger partial charge in [-0.15, -0.1) is 0 Å². The molecule has 1 aliphatic heterocycles. The molecule has 0 bridgehead atoms. The molecule has 1 unspecified atom stereocenters. The van der Waals surface area contributed by atoms with Gasteiger partial charge in [0.1, 0.15) is 6.04 Å². The Balaban J connectivity index is 1.87. The second kappa shape index (κ2) is 7.66. The molecular formula is C16H28N2O3. The topological polar surface area (TPSA) is 69.6 Å². The Bertz CT molecular complexity index is 359. The van der Waals surface area contributed by atoms with Gasteiger partial charge in [-0.2, -0.15) is 0 Å². The molecule has 0 radical (unpaired) electrons. The van der Waals surface area contributed by atoms with Gasteiger partial charge < -0.3 is 15.3 Å². The number of likely N-dealkylation sites (tertiary alicyclic amines) is 1. The van der Waals surface area contributed by atoms with Crippen molar-refractivity contribution in [1.29, 1.82) is 0 Å². The Morgan fingerprint density at radius 2 is 1.76 bits per heavy atom. The first kappa shape index (κ1) is 16.1. The van der Waals surface area contributed by atoms with Crippen LogP contribution in [0.2, 0.25) is 0 Å². The molecule has 2 rings (SSSR count). The van der Waals surface area contributed by atoms with Crippen LogP contribution in [0.25, 0.3) is 0 Å². The van der Waals surface area contributed by atoms with Gasteiger partial charge in [0.05, 0.1) is 0 Å². The lowest BCUT2D eigenvalue weighted by Crippen LogP contribution is -2.53. The van der Waals surface area contributed by atoms with Gasteiger partial charge in [0, 0.05) is 13.1 Å². The Labute approximate surface area is 127 Å². The predicted octanol–water partition coefficient (Wildman–Crippen LogP) is 2.85. The molecule has 0 aromatic rings. The zero-order valence-corrected chi connectivity index (χ0v) is 13.0. The third-order valence-corrected chi connectivity index (χ3v) is 5.15. The van der Waals surface area contributed by atoms with Crippen LogP contribution in [-0.4, -0.2) is 41.1 Å². The SMILES string of the molecule is CCC1CCN(C(=O)NC(C(=O)O)C2CCCCC2)CC1. The van der Waals surface area contributed by atoms with Gasteiger partial charge >= 0.3 is 12.0 Å². The molecule has 2 N–H and O–H groups in total. The molecular weight excluding hydrogens is 268 g/mol. The highest BCUT2D eigenvalue weighted by Crippen LogP contribution is 2.27. The van der Waals surface area contributed by atoms with Crippen molar-refractivity contribution < 1.29 is 14.7 Å². The summed E-state index contributed by atoms with van der Waals surface area (Å²) in [7, 11) is 0. The van der Waals surface area contributed by atoms with E-state index in [0.717, 1.165) is 58.0 Å². The third kappa shape index (κ3) is 4.35. The molecule has 1 atom stereocenters. The molecule has 0 spiro atoms. The molecule has 5 nitrogen and oxygen atoms in total. The van der Waals surface area contributed by atoms with Crippen molar-refractivity contribution in [1.82, 2.24) is 10.2 Å². The number of nitrogens with one attached hydrogen (secondary N) is 1. The monoisotopic (exact) mass is 296 g/mol. The van der Waals surface area contributed by atoms with Crippen molar-refractivity contribution in [3.05, 3.63) is 0 Å². The number of carbonyl (C=O) groups is 2. The van der Waals surface area contributed by atoms with Gasteiger partial charge in [0.2, 0.25) is 0 Å². The quantitative estimate of drug-likeness (QED) is 0.838. The van der Waals surface area contributed by atoms with Crippen molar-refractivity contribution in [2.75, 3.05) is 13.1 Å². The van der Waals surface area contributed by atoms with Crippen molar-refractivity contribution in [3.8, 4) is 0 Å². The summed E-state index contributed by atoms with van der Waals surface area (Å²) >= 11 is 0. The number of piperidine rings is 1. The number of hydrogen-bond donors (Lipinski definition) is 2. The first-order chi connectivity index (χ1) is 10.1. The summed E-state index contributed by atoms with van der Waals surface area (Å²) in [5.41, 5.74) is 0. The van der Waals surface area contributed by atoms with E-state index in [1.54, 1.807) is 4.90 Å². The van der Waals surface area contributed by atoms with Gasteiger partial charge in [0.15, 0.2) is 0 Å². The second-order valence-electron chi connectivity index (χ2n) is 6.50. The Kier molecular flexibility index (Phi) is 5.88. The minimum Gasteiger partial charge on any atom is -0.480 e. The first-order valence-corrected chi connectivity index (χ1v) is 8.40. The summed E-state index contributed by atoms with van der Waals surface area (Å²) in [5, 5.41) is 12.2. The van der Waals surface area contributed by atoms with E-state index in [1.807, 2.05) is 0 Å². The second-order valence-corrected chi connectivity index (χ2v) is 6.50. The van der Waals surface area contributed by atoms with Crippen LogP contribution in [-0.2, 0) is 4.79 Å². The fourth-order valence-electron chi connectivity index (χ4n) is 3.62. The zero-order valence-electron chi connectivity index (χ0n) is 13.0. The third-order valence-electron chi connectivity index (χ3n) is 5.15. The van der Waals surface area contributed by atoms with E-state index < -0.39 is 12.0 Å². The minimum atomic E-state index is -0.890. The molecule has 1 saturated carbocycles. The molecule has 2 aliphatic rings. The molecule has 2 fully saturated rings. The number of urea groups is 1. The molecule has 5 heteroatoms. The highest BCUT2D eigenvalue weighted by Gasteiger charge is 2.32. The maximum atomic E-state index is 12.3. The van der Waals surface area contributed by atoms with E-state index in [4.69, 9.17) is 0 Å². The Hall–Kier alpha value is -1.26. The van der Waals surface area contributed by atoms with E-state index in [0.29, 0.717) is 5.92 Å². The van der Waals surface area contributed by atoms with Crippen molar-refractivity contribution in [2.45, 2.75) is 64.3 Å². The molecule has 1 saturated heterocycles. The maximum absolute atomic E-state index is 12.3. The van der Waals surface area contributed by atoms with Crippen LogP contribution in [0.4, 0.5) is 4.79 Å². The largest absolute Gasteiger partial charge is 0.480 e. The standard InChI is InChI=1S/C16H28N2O3/c1-2-12-8-10-18(11-9-12)16(21)17-14(15(19)20)13-6-4-3-5-7-13/h12-14H,2-11H2,1H3,(H,17,21)(H,19,20). The Morgan fingerprint density at radius 1 is 1.14 bits per heavy atom. The number of rotatable bonds is 4. The summed E-state index contributed by atoms with van der Waals surface area (Å²) in [6, 6.07) is -0.913. The molecule has 0 aromatic heterocycles. The van der Waals surface area contributed by atoms with Gasteiger partial charge in [-0.05, 0) is 37.5 Å². The average molecular weight is 296 g/mol. The van der Waals surface area contributed by atoms with E-state index in [1.165, 1.54) is 6.42 Å². The van der Waals surface area contributed by atoms with Gasteiger partial charge in [-0.1, -0.05) is 32.6 Å². The van der Waals surface area contributed by atoms with Crippen molar-refractivity contribution in [3.63, 3.8) is 0 Å². The van der Waals surface area contributed by atoms with Crippen LogP contribution in [0.1, 0.15) is 58.3 Å². The number of aliphatic carboxylic acids is 1. The minimum absolute atomic E-state index is 0.0911. The van der Waals surface area contributed by atoms with Crippen LogP contribution >= 0.6 is 0 Å². The summed E-state index contributed by atoms with van der Waals surface area (Å²) < 4.78 is 0. The maximum Gasteiger partial charge on any atom is 0.326 e. The molecule has 1 heterocycles. The van der Waals surface area contributed by atoms with Crippen LogP contribution in [0.15, 0.2) is 0 Å². The Morgan fingerprint density at radius 3 is 2.29 bits per heavy atom. The van der Waals surface area contributed by atoms with Crippen LogP contribution in [0.3, 0.4) is 0 Å². The fourth-order valence-corrected chi connectivity index (χ4v) is 3.62. The van der Waals surface area contributed by atoms with Gasteiger partial charge in [0.25, 0.3) is 0 Å². The molecule has 2 amide bonds. The summed E-state index contributed by atoms with van der Waals surface area (Å²) in [6.07, 6.45) is 8.38. The smallest absolute Gasteiger partial charge is 0.326 e. The number of hydrogen-bond acceptors (Lipinski definition) is 2. The molecule has 21 heavy (non-hydrogen) atoms. The lowest BCUT2D eigenvalue weighted by atomic mass is 9.84. The number of nitrogens with zero attached hydrogens (tertiary/aromatic N) is 1. The summed E-state index contributed by atoms with van der Waals surface area (Å²) in [4.78, 5) is 25.6. The van der Waals surface area contributed by atoms with E-state index >= 15 is 0 Å². The van der Waals surface area contributed by atoms with Crippen molar-refractivity contribution in [2.24, 2.45) is 11.8 Å². The molecule has 0 aromatic carbocycles. The molecule has 1 aliphatic carbocycles. The lowest BCUT2D eigenvalue weighted by molar-refractivity contribution is -0.141. The van der Waals surface area contributed by atoms with E-state index in [-0.39, 0.29) is 11.9 Å². The summed E-state index contributed by atoms with van der Waals surface area (Å²) in [6.45, 7) is 3.69. The predicted molar refractivity (Wildman–Crippen MR) is 81.1 cm³/mol. The van der Waals surface area contributed by atoms with E-state index in [2.05, 4.69) is 12.2 Å². The summed E-state index contributed by atoms with van der Waals surface area (Å²) in [5.74, 6) is -0.0882. The first-order valence-electron chi connectivity index (χ1n) is 8.40. The normalized spacial score (nSPS) is 22.8. The number of carboxylic acid groups (broad SMARTS) is 1. The number of carboxylic acids is 1. The van der Waals surface area contributed by atoms with E-state index in [9.17, 15) is 14.7 Å². The zero-order chi connectivity index (χ0) is 15.2. The average Bonchev–Trinajstić information content (AvgIpc) is 2.53. The lowest BCUT2D eigenvalue weighted by Gasteiger charge is -2.34. The number of amides is 2. The molecule has 120 valence electrons. The highest BCUT2D eigenvalue weighted by molar-refractivity contribution is 5.82. The number of carbonyl (C=O) groups excluding carboxylic acids is 1.